The zero-order valence-corrected chi connectivity index (χ0v) is 19.2. The lowest BCUT2D eigenvalue weighted by atomic mass is 10.2. The van der Waals surface area contributed by atoms with Crippen LogP contribution in [0.2, 0.25) is 5.02 Å². The first kappa shape index (κ1) is 22.3. The van der Waals surface area contributed by atoms with Crippen molar-refractivity contribution in [1.29, 1.82) is 0 Å². The summed E-state index contributed by atoms with van der Waals surface area (Å²) in [5, 5.41) is 1.18. The van der Waals surface area contributed by atoms with Gasteiger partial charge in [0, 0.05) is 18.7 Å². The van der Waals surface area contributed by atoms with Crippen LogP contribution in [0.15, 0.2) is 36.4 Å². The van der Waals surface area contributed by atoms with Crippen molar-refractivity contribution in [2.45, 2.75) is 13.8 Å². The smallest absolute Gasteiger partial charge is 0.260 e. The number of rotatable bonds is 9. The first-order valence-electron chi connectivity index (χ1n) is 9.83. The van der Waals surface area contributed by atoms with Gasteiger partial charge in [0.05, 0.1) is 23.9 Å². The SMILES string of the molecule is CCN(CC)CCN(C(=O)c1cccc(OC)c1)c1nc2c(OC)ccc(Cl)c2s1. The Kier molecular flexibility index (Phi) is 7.53. The summed E-state index contributed by atoms with van der Waals surface area (Å²) < 4.78 is 11.5. The summed E-state index contributed by atoms with van der Waals surface area (Å²) in [6.45, 7) is 7.30. The largest absolute Gasteiger partial charge is 0.497 e. The number of halogens is 1. The van der Waals surface area contributed by atoms with Gasteiger partial charge in [0.1, 0.15) is 17.0 Å². The highest BCUT2D eigenvalue weighted by atomic mass is 35.5. The number of amides is 1. The highest BCUT2D eigenvalue weighted by Crippen LogP contribution is 2.39. The minimum absolute atomic E-state index is 0.129. The predicted molar refractivity (Wildman–Crippen MR) is 124 cm³/mol. The molecule has 2 aromatic carbocycles. The van der Waals surface area contributed by atoms with Gasteiger partial charge >= 0.3 is 0 Å². The van der Waals surface area contributed by atoms with Gasteiger partial charge in [0.25, 0.3) is 5.91 Å². The molecular weight excluding hydrogens is 422 g/mol. The van der Waals surface area contributed by atoms with E-state index < -0.39 is 0 Å². The molecule has 0 atom stereocenters. The number of benzene rings is 2. The van der Waals surface area contributed by atoms with Crippen molar-refractivity contribution in [3.63, 3.8) is 0 Å². The van der Waals surface area contributed by atoms with E-state index in [1.165, 1.54) is 11.3 Å². The third-order valence-electron chi connectivity index (χ3n) is 4.99. The second-order valence-electron chi connectivity index (χ2n) is 6.64. The van der Waals surface area contributed by atoms with Gasteiger partial charge in [-0.2, -0.15) is 0 Å². The number of ether oxygens (including phenoxy) is 2. The molecular formula is C22H26ClN3O3S. The number of methoxy groups -OCH3 is 2. The molecule has 1 aromatic heterocycles. The van der Waals surface area contributed by atoms with Gasteiger partial charge in [-0.05, 0) is 43.4 Å². The number of anilines is 1. The number of thiazole rings is 1. The molecule has 0 aliphatic rings. The molecule has 0 unspecified atom stereocenters. The van der Waals surface area contributed by atoms with Crippen LogP contribution < -0.4 is 14.4 Å². The Morgan fingerprint density at radius 2 is 1.87 bits per heavy atom. The number of hydrogen-bond acceptors (Lipinski definition) is 6. The maximum absolute atomic E-state index is 13.5. The first-order valence-corrected chi connectivity index (χ1v) is 11.0. The minimum Gasteiger partial charge on any atom is -0.497 e. The molecule has 0 aliphatic carbocycles. The third kappa shape index (κ3) is 4.69. The van der Waals surface area contributed by atoms with Crippen molar-refractivity contribution in [3.8, 4) is 11.5 Å². The monoisotopic (exact) mass is 447 g/mol. The van der Waals surface area contributed by atoms with Crippen LogP contribution in [0.3, 0.4) is 0 Å². The highest BCUT2D eigenvalue weighted by molar-refractivity contribution is 7.23. The Bertz CT molecular complexity index is 1020. The number of hydrogen-bond donors (Lipinski definition) is 0. The van der Waals surface area contributed by atoms with E-state index in [1.54, 1.807) is 43.4 Å². The molecule has 160 valence electrons. The number of nitrogens with zero attached hydrogens (tertiary/aromatic N) is 3. The number of carbonyl (C=O) groups excluding carboxylic acids is 1. The fourth-order valence-corrected chi connectivity index (χ4v) is 4.48. The maximum Gasteiger partial charge on any atom is 0.260 e. The van der Waals surface area contributed by atoms with Gasteiger partial charge in [-0.25, -0.2) is 4.98 Å². The molecule has 6 nitrogen and oxygen atoms in total. The number of fused-ring (bicyclic) bond motifs is 1. The quantitative estimate of drug-likeness (QED) is 0.464. The van der Waals surface area contributed by atoms with E-state index in [9.17, 15) is 4.79 Å². The van der Waals surface area contributed by atoms with Crippen LogP contribution in [0.25, 0.3) is 10.2 Å². The zero-order valence-electron chi connectivity index (χ0n) is 17.6. The second-order valence-corrected chi connectivity index (χ2v) is 8.02. The van der Waals surface area contributed by atoms with Gasteiger partial charge in [-0.1, -0.05) is 42.9 Å². The van der Waals surface area contributed by atoms with Crippen molar-refractivity contribution in [2.24, 2.45) is 0 Å². The van der Waals surface area contributed by atoms with E-state index >= 15 is 0 Å². The van der Waals surface area contributed by atoms with Crippen LogP contribution in [0.4, 0.5) is 5.13 Å². The van der Waals surface area contributed by atoms with Crippen LogP contribution in [0, 0.1) is 0 Å². The maximum atomic E-state index is 13.5. The highest BCUT2D eigenvalue weighted by Gasteiger charge is 2.24. The lowest BCUT2D eigenvalue weighted by Gasteiger charge is -2.24. The number of aromatic nitrogens is 1. The van der Waals surface area contributed by atoms with Crippen LogP contribution >= 0.6 is 22.9 Å². The van der Waals surface area contributed by atoms with E-state index in [0.717, 1.165) is 24.3 Å². The summed E-state index contributed by atoms with van der Waals surface area (Å²) in [6, 6.07) is 10.7. The summed E-state index contributed by atoms with van der Waals surface area (Å²) in [7, 11) is 3.19. The fourth-order valence-electron chi connectivity index (χ4n) is 3.20. The summed E-state index contributed by atoms with van der Waals surface area (Å²) in [5.74, 6) is 1.14. The predicted octanol–water partition coefficient (Wildman–Crippen LogP) is 4.96. The molecule has 0 spiro atoms. The molecule has 3 aromatic rings. The Morgan fingerprint density at radius 1 is 1.10 bits per heavy atom. The minimum atomic E-state index is -0.129. The normalized spacial score (nSPS) is 11.1. The van der Waals surface area contributed by atoms with Crippen molar-refractivity contribution in [1.82, 2.24) is 9.88 Å². The second kappa shape index (κ2) is 10.1. The lowest BCUT2D eigenvalue weighted by molar-refractivity contribution is 0.0983. The van der Waals surface area contributed by atoms with Crippen LogP contribution in [0.5, 0.6) is 11.5 Å². The van der Waals surface area contributed by atoms with Gasteiger partial charge in [0.15, 0.2) is 5.13 Å². The first-order chi connectivity index (χ1) is 14.5. The van der Waals surface area contributed by atoms with Crippen molar-refractivity contribution in [2.75, 3.05) is 45.3 Å². The summed E-state index contributed by atoms with van der Waals surface area (Å²) in [4.78, 5) is 22.2. The molecule has 8 heteroatoms. The topological polar surface area (TPSA) is 54.9 Å². The third-order valence-corrected chi connectivity index (χ3v) is 6.53. The van der Waals surface area contributed by atoms with Gasteiger partial charge in [0.2, 0.25) is 0 Å². The van der Waals surface area contributed by atoms with Gasteiger partial charge < -0.3 is 14.4 Å². The molecule has 1 heterocycles. The molecule has 3 rings (SSSR count). The van der Waals surface area contributed by atoms with E-state index in [2.05, 4.69) is 18.7 Å². The van der Waals surface area contributed by atoms with Crippen LogP contribution in [0.1, 0.15) is 24.2 Å². The van der Waals surface area contributed by atoms with Gasteiger partial charge in [-0.15, -0.1) is 0 Å². The van der Waals surface area contributed by atoms with E-state index in [-0.39, 0.29) is 5.91 Å². The molecule has 0 aliphatic heterocycles. The molecule has 0 radical (unpaired) electrons. The molecule has 1 amide bonds. The molecule has 0 bridgehead atoms. The zero-order chi connectivity index (χ0) is 21.7. The summed E-state index contributed by atoms with van der Waals surface area (Å²) in [6.07, 6.45) is 0. The van der Waals surface area contributed by atoms with Gasteiger partial charge in [-0.3, -0.25) is 9.69 Å². The Hall–Kier alpha value is -2.35. The van der Waals surface area contributed by atoms with E-state index in [1.807, 2.05) is 12.1 Å². The summed E-state index contributed by atoms with van der Waals surface area (Å²) in [5.41, 5.74) is 1.21. The molecule has 0 saturated heterocycles. The van der Waals surface area contributed by atoms with Crippen LogP contribution in [-0.4, -0.2) is 56.2 Å². The Labute approximate surface area is 186 Å². The molecule has 0 saturated carbocycles. The van der Waals surface area contributed by atoms with Crippen LogP contribution in [-0.2, 0) is 0 Å². The van der Waals surface area contributed by atoms with E-state index in [4.69, 9.17) is 26.1 Å². The van der Waals surface area contributed by atoms with Crippen molar-refractivity contribution in [3.05, 3.63) is 47.0 Å². The average Bonchev–Trinajstić information content (AvgIpc) is 3.23. The molecule has 30 heavy (non-hydrogen) atoms. The standard InChI is InChI=1S/C22H26ClN3O3S/c1-5-25(6-2)12-13-26(21(27)15-8-7-9-16(14-15)28-3)22-24-19-18(29-4)11-10-17(23)20(19)30-22/h7-11,14H,5-6,12-13H2,1-4H3. The lowest BCUT2D eigenvalue weighted by Crippen LogP contribution is -2.38. The average molecular weight is 448 g/mol. The van der Waals surface area contributed by atoms with Crippen molar-refractivity contribution < 1.29 is 14.3 Å². The number of carbonyl (C=O) groups is 1. The summed E-state index contributed by atoms with van der Waals surface area (Å²) >= 11 is 7.79. The molecule has 0 N–H and O–H groups in total. The fraction of sp³-hybridized carbons (Fsp3) is 0.364. The molecule has 0 fully saturated rings. The van der Waals surface area contributed by atoms with E-state index in [0.29, 0.717) is 39.3 Å². The van der Waals surface area contributed by atoms with Crippen molar-refractivity contribution >= 4 is 44.2 Å². The Morgan fingerprint density at radius 3 is 2.53 bits per heavy atom. The number of likely N-dealkylation sites (N-methyl/N-ethyl adjacent to an activating group) is 1. The Balaban J connectivity index is 2.03.